The van der Waals surface area contributed by atoms with Crippen molar-refractivity contribution in [2.24, 2.45) is 5.92 Å². The summed E-state index contributed by atoms with van der Waals surface area (Å²) in [4.78, 5) is 22.2. The first-order chi connectivity index (χ1) is 5.50. The van der Waals surface area contributed by atoms with Crippen molar-refractivity contribution in [1.29, 1.82) is 0 Å². The van der Waals surface area contributed by atoms with Crippen molar-refractivity contribution in [3.63, 3.8) is 0 Å². The van der Waals surface area contributed by atoms with Gasteiger partial charge < -0.3 is 14.7 Å². The highest BCUT2D eigenvalue weighted by atomic mass is 16.4. The lowest BCUT2D eigenvalue weighted by Gasteiger charge is -2.25. The summed E-state index contributed by atoms with van der Waals surface area (Å²) in [5, 5.41) is 8.76. The van der Waals surface area contributed by atoms with Gasteiger partial charge in [0.1, 0.15) is 6.04 Å². The zero-order chi connectivity index (χ0) is 9.72. The molecule has 0 aliphatic carbocycles. The van der Waals surface area contributed by atoms with Crippen LogP contribution in [-0.2, 0) is 9.59 Å². The molecule has 12 heavy (non-hydrogen) atoms. The molecule has 1 N–H and O–H groups in total. The Morgan fingerprint density at radius 2 is 2.08 bits per heavy atom. The van der Waals surface area contributed by atoms with E-state index in [4.69, 9.17) is 5.11 Å². The van der Waals surface area contributed by atoms with Crippen LogP contribution in [0.25, 0.3) is 0 Å². The van der Waals surface area contributed by atoms with Gasteiger partial charge >= 0.3 is 5.97 Å². The summed E-state index contributed by atoms with van der Waals surface area (Å²) in [6.07, 6.45) is 0.582. The Labute approximate surface area is 72.8 Å². The summed E-state index contributed by atoms with van der Waals surface area (Å²) in [6, 6.07) is -0.629. The fourth-order valence-corrected chi connectivity index (χ4v) is 1.12. The fraction of sp³-hybridized carbons (Fsp3) is 0.714. The fourth-order valence-electron chi connectivity index (χ4n) is 1.12. The van der Waals surface area contributed by atoms with Gasteiger partial charge in [0.05, 0.1) is 6.19 Å². The van der Waals surface area contributed by atoms with Crippen molar-refractivity contribution in [1.82, 2.24) is 4.81 Å². The van der Waals surface area contributed by atoms with E-state index in [1.807, 2.05) is 0 Å². The molecule has 0 saturated carbocycles. The van der Waals surface area contributed by atoms with Gasteiger partial charge in [0.25, 0.3) is 7.41 Å². The molecule has 0 aliphatic heterocycles. The maximum Gasteiger partial charge on any atom is 0.320 e. The maximum absolute atomic E-state index is 10.7. The number of carbonyl (C=O) groups excluding carboxylic acids is 1. The Balaban J connectivity index is 4.28. The van der Waals surface area contributed by atoms with Crippen LogP contribution in [0.2, 0.25) is 0 Å². The minimum atomic E-state index is -0.911. The predicted octanol–water partition coefficient (Wildman–Crippen LogP) is -0.163. The van der Waals surface area contributed by atoms with E-state index in [1.165, 1.54) is 12.2 Å². The number of hydrogen-bond donors (Lipinski definition) is 1. The second kappa shape index (κ2) is 4.93. The van der Waals surface area contributed by atoms with Crippen LogP contribution in [0.3, 0.4) is 0 Å². The average molecular weight is 170 g/mol. The number of hydrogen-bond acceptors (Lipinski definition) is 3. The molecule has 0 heterocycles. The maximum atomic E-state index is 10.7. The van der Waals surface area contributed by atoms with Gasteiger partial charge in [-0.1, -0.05) is 13.8 Å². The lowest BCUT2D eigenvalue weighted by atomic mass is 9.89. The molecule has 5 heteroatoms. The quantitative estimate of drug-likeness (QED) is 0.459. The number of carboxylic acid groups (broad SMARTS) is 1. The molecule has 67 valence electrons. The molecule has 0 aliphatic rings. The van der Waals surface area contributed by atoms with Gasteiger partial charge in [-0.25, -0.2) is 0 Å². The molecular weight excluding hydrogens is 157 g/mol. The second-order valence-corrected chi connectivity index (χ2v) is 2.98. The van der Waals surface area contributed by atoms with Crippen LogP contribution in [0.15, 0.2) is 0 Å². The topological polar surface area (TPSA) is 57.6 Å². The number of likely N-dealkylation sites (N-methyl/N-ethyl adjacent to an activating group) is 1. The van der Waals surface area contributed by atoms with E-state index in [2.05, 4.69) is 0 Å². The van der Waals surface area contributed by atoms with Crippen molar-refractivity contribution in [2.45, 2.75) is 19.9 Å². The van der Waals surface area contributed by atoms with Gasteiger partial charge in [-0.05, 0) is 13.0 Å². The highest BCUT2D eigenvalue weighted by Crippen LogP contribution is 2.07. The normalized spacial score (nSPS) is 13.1. The summed E-state index contributed by atoms with van der Waals surface area (Å²) in [7, 11) is 2.80. The highest BCUT2D eigenvalue weighted by molar-refractivity contribution is 6.64. The monoisotopic (exact) mass is 170 g/mol. The van der Waals surface area contributed by atoms with Gasteiger partial charge in [0.15, 0.2) is 0 Å². The summed E-state index contributed by atoms with van der Waals surface area (Å²) < 4.78 is 0. The second-order valence-electron chi connectivity index (χ2n) is 2.98. The van der Waals surface area contributed by atoms with E-state index in [0.29, 0.717) is 6.19 Å². The molecule has 0 saturated heterocycles. The van der Waals surface area contributed by atoms with Crippen molar-refractivity contribution in [3.05, 3.63) is 0 Å². The molecular formula is C7H13BNO3. The van der Waals surface area contributed by atoms with E-state index >= 15 is 0 Å². The molecule has 0 aromatic heterocycles. The van der Waals surface area contributed by atoms with Gasteiger partial charge in [0.2, 0.25) is 0 Å². The number of aliphatic carboxylic acids is 1. The molecule has 0 unspecified atom stereocenters. The number of nitrogens with zero attached hydrogens (tertiary/aromatic N) is 1. The van der Waals surface area contributed by atoms with Crippen molar-refractivity contribution >= 4 is 19.6 Å². The summed E-state index contributed by atoms with van der Waals surface area (Å²) >= 11 is 0. The van der Waals surface area contributed by atoms with Gasteiger partial charge in [-0.3, -0.25) is 4.79 Å². The first kappa shape index (κ1) is 11.2. The molecule has 0 fully saturated rings. The van der Waals surface area contributed by atoms with Gasteiger partial charge in [0, 0.05) is 0 Å². The van der Waals surface area contributed by atoms with Crippen LogP contribution in [0, 0.1) is 5.92 Å². The smallest absolute Gasteiger partial charge is 0.320 e. The first-order valence-corrected chi connectivity index (χ1v) is 3.74. The number of rotatable bonds is 5. The summed E-state index contributed by atoms with van der Waals surface area (Å²) in [6.45, 7) is 3.60. The Hall–Kier alpha value is -0.835. The Morgan fingerprint density at radius 1 is 1.58 bits per heavy atom. The molecule has 0 rings (SSSR count). The Morgan fingerprint density at radius 3 is 2.33 bits per heavy atom. The number of carbonyl (C=O) groups is 2. The molecule has 0 aromatic rings. The predicted molar refractivity (Wildman–Crippen MR) is 46.5 cm³/mol. The summed E-state index contributed by atoms with van der Waals surface area (Å²) in [5.41, 5.74) is 0. The van der Waals surface area contributed by atoms with Crippen molar-refractivity contribution in [3.8, 4) is 0 Å². The van der Waals surface area contributed by atoms with Crippen LogP contribution in [0.1, 0.15) is 13.8 Å². The van der Waals surface area contributed by atoms with Crippen LogP contribution in [0.5, 0.6) is 0 Å². The lowest BCUT2D eigenvalue weighted by molar-refractivity contribution is -0.142. The molecule has 0 spiro atoms. The van der Waals surface area contributed by atoms with E-state index in [-0.39, 0.29) is 5.92 Å². The van der Waals surface area contributed by atoms with E-state index in [1.54, 1.807) is 20.9 Å². The zero-order valence-corrected chi connectivity index (χ0v) is 7.52. The third-order valence-corrected chi connectivity index (χ3v) is 1.62. The van der Waals surface area contributed by atoms with E-state index in [9.17, 15) is 9.59 Å². The average Bonchev–Trinajstić information content (AvgIpc) is 1.85. The largest absolute Gasteiger partial charge is 0.480 e. The third-order valence-electron chi connectivity index (χ3n) is 1.62. The SMILES string of the molecule is CC(C)[C@@H](C(=O)O)N(C)[B]C=O. The minimum absolute atomic E-state index is 0.0244. The van der Waals surface area contributed by atoms with Crippen LogP contribution < -0.4 is 0 Å². The van der Waals surface area contributed by atoms with Crippen LogP contribution in [0.4, 0.5) is 0 Å². The van der Waals surface area contributed by atoms with Crippen molar-refractivity contribution in [2.75, 3.05) is 7.05 Å². The summed E-state index contributed by atoms with van der Waals surface area (Å²) in [5.74, 6) is -0.936. The minimum Gasteiger partial charge on any atom is -0.480 e. The Kier molecular flexibility index (Phi) is 4.58. The van der Waals surface area contributed by atoms with Crippen LogP contribution >= 0.6 is 0 Å². The number of carboxylic acids is 1. The molecule has 0 aromatic carbocycles. The first-order valence-electron chi connectivity index (χ1n) is 3.74. The zero-order valence-electron chi connectivity index (χ0n) is 7.52. The molecule has 0 amide bonds. The third kappa shape index (κ3) is 3.05. The molecule has 1 atom stereocenters. The lowest BCUT2D eigenvalue weighted by Crippen LogP contribution is -2.44. The van der Waals surface area contributed by atoms with Gasteiger partial charge in [-0.2, -0.15) is 0 Å². The molecule has 1 radical (unpaired) electrons. The molecule has 0 bridgehead atoms. The highest BCUT2D eigenvalue weighted by Gasteiger charge is 2.25. The Bertz CT molecular complexity index is 172. The standard InChI is InChI=1S/C7H13BNO3/c1-5(2)6(7(11)12)9(3)8-4-10/h4-6H,1-3H3,(H,11,12)/t6-/m0/s1. The van der Waals surface area contributed by atoms with E-state index in [0.717, 1.165) is 0 Å². The van der Waals surface area contributed by atoms with Gasteiger partial charge in [-0.15, -0.1) is 0 Å². The van der Waals surface area contributed by atoms with Crippen LogP contribution in [-0.4, -0.2) is 42.6 Å². The van der Waals surface area contributed by atoms with E-state index < -0.39 is 12.0 Å². The van der Waals surface area contributed by atoms with Crippen molar-refractivity contribution < 1.29 is 14.7 Å². The molecule has 4 nitrogen and oxygen atoms in total.